The molecule has 0 bridgehead atoms. The van der Waals surface area contributed by atoms with Gasteiger partial charge in [-0.25, -0.2) is 4.98 Å². The molecule has 0 aromatic carbocycles. The molecule has 2 N–H and O–H groups in total. The molecular formula is C18H32N2S. The lowest BCUT2D eigenvalue weighted by Gasteiger charge is -2.23. The van der Waals surface area contributed by atoms with Gasteiger partial charge in [0.05, 0.1) is 11.2 Å². The van der Waals surface area contributed by atoms with Crippen LogP contribution in [0.25, 0.3) is 0 Å². The van der Waals surface area contributed by atoms with Crippen LogP contribution >= 0.6 is 11.3 Å². The molecule has 0 atom stereocenters. The molecule has 120 valence electrons. The highest BCUT2D eigenvalue weighted by Gasteiger charge is 2.28. The Hall–Kier alpha value is -0.410. The summed E-state index contributed by atoms with van der Waals surface area (Å²) in [4.78, 5) is 6.52. The molecule has 1 heterocycles. The first-order valence-corrected chi connectivity index (χ1v) is 9.79. The highest BCUT2D eigenvalue weighted by atomic mass is 32.1. The number of aromatic nitrogens is 1. The highest BCUT2D eigenvalue weighted by molar-refractivity contribution is 7.11. The van der Waals surface area contributed by atoms with Gasteiger partial charge < -0.3 is 5.73 Å². The van der Waals surface area contributed by atoms with Gasteiger partial charge in [0, 0.05) is 4.88 Å². The number of nitrogens with zero attached hydrogens (tertiary/aromatic N) is 1. The first-order valence-electron chi connectivity index (χ1n) is 8.97. The van der Waals surface area contributed by atoms with Crippen LogP contribution in [0.4, 0.5) is 0 Å². The average molecular weight is 309 g/mol. The molecule has 2 nitrogen and oxygen atoms in total. The Kier molecular flexibility index (Phi) is 6.69. The van der Waals surface area contributed by atoms with E-state index in [0.29, 0.717) is 0 Å². The molecule has 0 unspecified atom stereocenters. The maximum absolute atomic E-state index is 6.57. The van der Waals surface area contributed by atoms with E-state index in [4.69, 9.17) is 10.7 Å². The zero-order valence-corrected chi connectivity index (χ0v) is 14.7. The zero-order chi connectivity index (χ0) is 15.1. The highest BCUT2D eigenvalue weighted by Crippen LogP contribution is 2.33. The fourth-order valence-electron chi connectivity index (χ4n) is 3.18. The van der Waals surface area contributed by atoms with Crippen LogP contribution in [0.5, 0.6) is 0 Å². The summed E-state index contributed by atoms with van der Waals surface area (Å²) in [5.74, 6) is 0. The Morgan fingerprint density at radius 1 is 0.905 bits per heavy atom. The normalized spacial score (nSPS) is 18.6. The number of hydrogen-bond donors (Lipinski definition) is 1. The summed E-state index contributed by atoms with van der Waals surface area (Å²) in [6.45, 7) is 4.37. The molecule has 0 aliphatic heterocycles. The average Bonchev–Trinajstić information content (AvgIpc) is 2.90. The molecule has 0 saturated heterocycles. The van der Waals surface area contributed by atoms with Gasteiger partial charge >= 0.3 is 0 Å². The van der Waals surface area contributed by atoms with Gasteiger partial charge in [-0.3, -0.25) is 0 Å². The molecule has 1 aromatic heterocycles. The standard InChI is InChI=1S/C18H32N2S/c1-3-18(19,4-2)17-20-15-13-11-9-7-5-6-8-10-12-14-16(15)21-17/h3-14,19H2,1-2H3. The van der Waals surface area contributed by atoms with Crippen molar-refractivity contribution in [2.75, 3.05) is 0 Å². The van der Waals surface area contributed by atoms with Crippen LogP contribution in [-0.4, -0.2) is 4.98 Å². The summed E-state index contributed by atoms with van der Waals surface area (Å²) in [5.41, 5.74) is 7.73. The molecule has 0 fully saturated rings. The van der Waals surface area contributed by atoms with Crippen LogP contribution < -0.4 is 5.73 Å². The van der Waals surface area contributed by atoms with E-state index in [0.717, 1.165) is 19.3 Å². The third-order valence-corrected chi connectivity index (χ3v) is 6.41. The first kappa shape index (κ1) is 17.0. The smallest absolute Gasteiger partial charge is 0.113 e. The molecular weight excluding hydrogens is 276 g/mol. The van der Waals surface area contributed by atoms with E-state index in [1.165, 1.54) is 73.4 Å². The van der Waals surface area contributed by atoms with Crippen molar-refractivity contribution >= 4 is 11.3 Å². The second-order valence-electron chi connectivity index (χ2n) is 6.58. The van der Waals surface area contributed by atoms with Gasteiger partial charge in [0.1, 0.15) is 5.01 Å². The number of nitrogens with two attached hydrogens (primary N) is 1. The molecule has 1 aromatic rings. The lowest BCUT2D eigenvalue weighted by molar-refractivity contribution is 0.409. The lowest BCUT2D eigenvalue weighted by atomic mass is 9.95. The number of thiazole rings is 1. The van der Waals surface area contributed by atoms with Crippen molar-refractivity contribution in [2.45, 2.75) is 96.4 Å². The first-order chi connectivity index (χ1) is 10.2. The van der Waals surface area contributed by atoms with Gasteiger partial charge in [-0.1, -0.05) is 52.4 Å². The molecule has 0 spiro atoms. The summed E-state index contributed by atoms with van der Waals surface area (Å²) < 4.78 is 0. The molecule has 3 heteroatoms. The summed E-state index contributed by atoms with van der Waals surface area (Å²) in [6, 6.07) is 0. The van der Waals surface area contributed by atoms with Gasteiger partial charge in [-0.05, 0) is 38.5 Å². The molecule has 0 amide bonds. The van der Waals surface area contributed by atoms with Crippen molar-refractivity contribution in [3.63, 3.8) is 0 Å². The van der Waals surface area contributed by atoms with E-state index in [2.05, 4.69) is 13.8 Å². The number of rotatable bonds is 3. The van der Waals surface area contributed by atoms with Crippen molar-refractivity contribution in [3.05, 3.63) is 15.6 Å². The van der Waals surface area contributed by atoms with E-state index in [1.807, 2.05) is 11.3 Å². The van der Waals surface area contributed by atoms with Gasteiger partial charge in [0.15, 0.2) is 0 Å². The summed E-state index contributed by atoms with van der Waals surface area (Å²) in [6.07, 6.45) is 15.4. The number of aryl methyl sites for hydroxylation is 2. The maximum atomic E-state index is 6.57. The van der Waals surface area contributed by atoms with Crippen LogP contribution in [0.1, 0.15) is 93.6 Å². The monoisotopic (exact) mass is 308 g/mol. The maximum Gasteiger partial charge on any atom is 0.113 e. The molecule has 2 rings (SSSR count). The minimum atomic E-state index is -0.203. The molecule has 0 radical (unpaired) electrons. The van der Waals surface area contributed by atoms with E-state index >= 15 is 0 Å². The Bertz CT molecular complexity index is 391. The summed E-state index contributed by atoms with van der Waals surface area (Å²) in [7, 11) is 0. The topological polar surface area (TPSA) is 38.9 Å². The summed E-state index contributed by atoms with van der Waals surface area (Å²) >= 11 is 1.91. The van der Waals surface area contributed by atoms with Crippen LogP contribution in [0.3, 0.4) is 0 Å². The van der Waals surface area contributed by atoms with Crippen LogP contribution in [0.2, 0.25) is 0 Å². The Morgan fingerprint density at radius 3 is 2.00 bits per heavy atom. The second kappa shape index (κ2) is 8.28. The molecule has 1 aliphatic carbocycles. The van der Waals surface area contributed by atoms with Gasteiger partial charge in [-0.2, -0.15) is 0 Å². The predicted octanol–water partition coefficient (Wildman–Crippen LogP) is 5.34. The van der Waals surface area contributed by atoms with E-state index < -0.39 is 0 Å². The predicted molar refractivity (Wildman–Crippen MR) is 92.9 cm³/mol. The van der Waals surface area contributed by atoms with Crippen LogP contribution in [0.15, 0.2) is 0 Å². The minimum absolute atomic E-state index is 0.203. The SMILES string of the molecule is CCC(N)(CC)c1nc2c(s1)CCCCCCCCCC2. The van der Waals surface area contributed by atoms with Gasteiger partial charge in [0.2, 0.25) is 0 Å². The zero-order valence-electron chi connectivity index (χ0n) is 13.9. The lowest BCUT2D eigenvalue weighted by Crippen LogP contribution is -2.34. The van der Waals surface area contributed by atoms with E-state index in [-0.39, 0.29) is 5.54 Å². The quantitative estimate of drug-likeness (QED) is 0.819. The fourth-order valence-corrected chi connectivity index (χ4v) is 4.57. The van der Waals surface area contributed by atoms with Crippen molar-refractivity contribution in [2.24, 2.45) is 5.73 Å². The van der Waals surface area contributed by atoms with Crippen LogP contribution in [0, 0.1) is 0 Å². The van der Waals surface area contributed by atoms with Crippen molar-refractivity contribution in [3.8, 4) is 0 Å². The van der Waals surface area contributed by atoms with Crippen molar-refractivity contribution < 1.29 is 0 Å². The Morgan fingerprint density at radius 2 is 1.43 bits per heavy atom. The third kappa shape index (κ3) is 4.53. The van der Waals surface area contributed by atoms with Gasteiger partial charge in [0.25, 0.3) is 0 Å². The van der Waals surface area contributed by atoms with E-state index in [9.17, 15) is 0 Å². The number of fused-ring (bicyclic) bond motifs is 1. The van der Waals surface area contributed by atoms with Crippen molar-refractivity contribution in [1.29, 1.82) is 0 Å². The molecule has 0 saturated carbocycles. The van der Waals surface area contributed by atoms with Crippen LogP contribution in [-0.2, 0) is 18.4 Å². The summed E-state index contributed by atoms with van der Waals surface area (Å²) in [5, 5.41) is 1.19. The minimum Gasteiger partial charge on any atom is -0.319 e. The Labute approximate surface area is 134 Å². The second-order valence-corrected chi connectivity index (χ2v) is 7.66. The Balaban J connectivity index is 2.16. The molecule has 1 aliphatic rings. The van der Waals surface area contributed by atoms with Crippen molar-refractivity contribution in [1.82, 2.24) is 4.98 Å². The largest absolute Gasteiger partial charge is 0.319 e. The van der Waals surface area contributed by atoms with Gasteiger partial charge in [-0.15, -0.1) is 11.3 Å². The molecule has 21 heavy (non-hydrogen) atoms. The third-order valence-electron chi connectivity index (χ3n) is 5.03. The van der Waals surface area contributed by atoms with E-state index in [1.54, 1.807) is 0 Å². The fraction of sp³-hybridized carbons (Fsp3) is 0.833. The number of hydrogen-bond acceptors (Lipinski definition) is 3.